The number of rotatable bonds is 7. The van der Waals surface area contributed by atoms with E-state index < -0.39 is 5.92 Å². The number of likely N-dealkylation sites (tertiary alicyclic amines) is 1. The standard InChI is InChI=1S/C22H23ClN2O4/c1-14(13-29-2)25-12-16(10-20(25)26)22(28)24-19-9-8-17(23)11-18(19)21(27)15-6-4-3-5-7-15/h3-9,11,14,16H,10,12-13H2,1-2H3,(H,24,28)/t14-,16-/m0/s1. The molecule has 0 aliphatic carbocycles. The predicted octanol–water partition coefficient (Wildman–Crippen LogP) is 3.39. The molecule has 0 aromatic heterocycles. The number of halogens is 1. The summed E-state index contributed by atoms with van der Waals surface area (Å²) in [6, 6.07) is 13.5. The maximum Gasteiger partial charge on any atom is 0.229 e. The molecule has 0 spiro atoms. The molecule has 0 saturated carbocycles. The largest absolute Gasteiger partial charge is 0.383 e. The Bertz CT molecular complexity index is 916. The zero-order valence-electron chi connectivity index (χ0n) is 16.4. The molecule has 2 aromatic rings. The topological polar surface area (TPSA) is 75.7 Å². The highest BCUT2D eigenvalue weighted by molar-refractivity contribution is 6.31. The highest BCUT2D eigenvalue weighted by Gasteiger charge is 2.36. The van der Waals surface area contributed by atoms with Gasteiger partial charge in [-0.15, -0.1) is 0 Å². The lowest BCUT2D eigenvalue weighted by molar-refractivity contribution is -0.130. The van der Waals surface area contributed by atoms with Gasteiger partial charge in [-0.1, -0.05) is 41.9 Å². The first-order valence-electron chi connectivity index (χ1n) is 9.39. The van der Waals surface area contributed by atoms with Crippen LogP contribution in [0, 0.1) is 5.92 Å². The number of nitrogens with zero attached hydrogens (tertiary/aromatic N) is 1. The summed E-state index contributed by atoms with van der Waals surface area (Å²) in [6.07, 6.45) is 0.134. The summed E-state index contributed by atoms with van der Waals surface area (Å²) in [4.78, 5) is 39.7. The fourth-order valence-electron chi connectivity index (χ4n) is 3.46. The van der Waals surface area contributed by atoms with Crippen molar-refractivity contribution in [2.24, 2.45) is 5.92 Å². The van der Waals surface area contributed by atoms with E-state index in [-0.39, 0.29) is 30.1 Å². The molecule has 3 rings (SSSR count). The van der Waals surface area contributed by atoms with Crippen LogP contribution < -0.4 is 5.32 Å². The number of methoxy groups -OCH3 is 1. The van der Waals surface area contributed by atoms with E-state index in [0.717, 1.165) is 0 Å². The lowest BCUT2D eigenvalue weighted by Crippen LogP contribution is -2.38. The highest BCUT2D eigenvalue weighted by atomic mass is 35.5. The van der Waals surface area contributed by atoms with Crippen molar-refractivity contribution in [1.82, 2.24) is 4.90 Å². The molecule has 2 amide bonds. The minimum absolute atomic E-state index is 0.0774. The van der Waals surface area contributed by atoms with Crippen LogP contribution in [0.5, 0.6) is 0 Å². The molecule has 1 fully saturated rings. The number of nitrogens with one attached hydrogen (secondary N) is 1. The van der Waals surface area contributed by atoms with E-state index in [1.54, 1.807) is 54.5 Å². The van der Waals surface area contributed by atoms with Gasteiger partial charge in [0, 0.05) is 36.2 Å². The first-order chi connectivity index (χ1) is 13.9. The van der Waals surface area contributed by atoms with E-state index in [2.05, 4.69) is 5.32 Å². The first kappa shape index (κ1) is 21.0. The van der Waals surface area contributed by atoms with Crippen molar-refractivity contribution in [3.63, 3.8) is 0 Å². The predicted molar refractivity (Wildman–Crippen MR) is 111 cm³/mol. The number of ether oxygens (including phenoxy) is 1. The van der Waals surface area contributed by atoms with Gasteiger partial charge in [-0.2, -0.15) is 0 Å². The molecule has 2 aromatic carbocycles. The monoisotopic (exact) mass is 414 g/mol. The van der Waals surface area contributed by atoms with Gasteiger partial charge in [0.2, 0.25) is 11.8 Å². The van der Waals surface area contributed by atoms with Crippen molar-refractivity contribution in [3.8, 4) is 0 Å². The van der Waals surface area contributed by atoms with Crippen LogP contribution in [0.4, 0.5) is 5.69 Å². The van der Waals surface area contributed by atoms with Crippen molar-refractivity contribution in [2.45, 2.75) is 19.4 Å². The Balaban J connectivity index is 1.78. The summed E-state index contributed by atoms with van der Waals surface area (Å²) in [5.74, 6) is -1.10. The van der Waals surface area contributed by atoms with Crippen molar-refractivity contribution in [3.05, 3.63) is 64.7 Å². The van der Waals surface area contributed by atoms with Crippen LogP contribution in [0.2, 0.25) is 5.02 Å². The lowest BCUT2D eigenvalue weighted by atomic mass is 10.0. The molecule has 29 heavy (non-hydrogen) atoms. The van der Waals surface area contributed by atoms with E-state index in [0.29, 0.717) is 35.0 Å². The fraction of sp³-hybridized carbons (Fsp3) is 0.318. The fourth-order valence-corrected chi connectivity index (χ4v) is 3.63. The Morgan fingerprint density at radius 2 is 1.97 bits per heavy atom. The third-order valence-corrected chi connectivity index (χ3v) is 5.22. The number of benzene rings is 2. The SMILES string of the molecule is COC[C@H](C)N1C[C@@H](C(=O)Nc2ccc(Cl)cc2C(=O)c2ccccc2)CC1=O. The number of hydrogen-bond donors (Lipinski definition) is 1. The molecule has 1 N–H and O–H groups in total. The minimum atomic E-state index is -0.489. The zero-order chi connectivity index (χ0) is 21.0. The minimum Gasteiger partial charge on any atom is -0.383 e. The van der Waals surface area contributed by atoms with E-state index >= 15 is 0 Å². The first-order valence-corrected chi connectivity index (χ1v) is 9.77. The Hall–Kier alpha value is -2.70. The summed E-state index contributed by atoms with van der Waals surface area (Å²) in [6.45, 7) is 2.62. The zero-order valence-corrected chi connectivity index (χ0v) is 17.1. The van der Waals surface area contributed by atoms with E-state index in [4.69, 9.17) is 16.3 Å². The molecule has 1 saturated heterocycles. The van der Waals surface area contributed by atoms with Crippen LogP contribution in [0.3, 0.4) is 0 Å². The van der Waals surface area contributed by atoms with Crippen LogP contribution in [0.15, 0.2) is 48.5 Å². The van der Waals surface area contributed by atoms with E-state index in [1.807, 2.05) is 13.0 Å². The third kappa shape index (κ3) is 4.83. The second kappa shape index (κ2) is 9.20. The number of amides is 2. The van der Waals surface area contributed by atoms with Crippen molar-refractivity contribution >= 4 is 34.9 Å². The molecule has 1 aliphatic rings. The molecule has 152 valence electrons. The van der Waals surface area contributed by atoms with Crippen molar-refractivity contribution < 1.29 is 19.1 Å². The van der Waals surface area contributed by atoms with Crippen LogP contribution in [-0.4, -0.2) is 48.8 Å². The third-order valence-electron chi connectivity index (χ3n) is 4.99. The van der Waals surface area contributed by atoms with E-state index in [1.165, 1.54) is 0 Å². The lowest BCUT2D eigenvalue weighted by Gasteiger charge is -2.24. The Morgan fingerprint density at radius 3 is 2.66 bits per heavy atom. The van der Waals surface area contributed by atoms with Gasteiger partial charge >= 0.3 is 0 Å². The van der Waals surface area contributed by atoms with Crippen LogP contribution >= 0.6 is 11.6 Å². The van der Waals surface area contributed by atoms with Gasteiger partial charge in [-0.25, -0.2) is 0 Å². The number of ketones is 1. The summed E-state index contributed by atoms with van der Waals surface area (Å²) < 4.78 is 5.11. The average Bonchev–Trinajstić information content (AvgIpc) is 3.11. The van der Waals surface area contributed by atoms with Crippen LogP contribution in [0.25, 0.3) is 0 Å². The van der Waals surface area contributed by atoms with Gasteiger partial charge in [-0.05, 0) is 25.1 Å². The van der Waals surface area contributed by atoms with Gasteiger partial charge in [0.05, 0.1) is 24.3 Å². The molecular weight excluding hydrogens is 392 g/mol. The molecule has 2 atom stereocenters. The molecule has 6 nitrogen and oxygen atoms in total. The number of carbonyl (C=O) groups excluding carboxylic acids is 3. The number of carbonyl (C=O) groups is 3. The molecule has 0 bridgehead atoms. The summed E-state index contributed by atoms with van der Waals surface area (Å²) in [7, 11) is 1.58. The number of hydrogen-bond acceptors (Lipinski definition) is 4. The molecule has 0 unspecified atom stereocenters. The molecule has 1 aliphatic heterocycles. The number of anilines is 1. The Labute approximate surface area is 174 Å². The maximum atomic E-state index is 12.9. The second-order valence-corrected chi connectivity index (χ2v) is 7.56. The Kier molecular flexibility index (Phi) is 6.67. The van der Waals surface area contributed by atoms with Crippen LogP contribution in [-0.2, 0) is 14.3 Å². The summed E-state index contributed by atoms with van der Waals surface area (Å²) in [5.41, 5.74) is 1.19. The van der Waals surface area contributed by atoms with Gasteiger partial charge in [0.1, 0.15) is 0 Å². The average molecular weight is 415 g/mol. The molecule has 0 radical (unpaired) electrons. The van der Waals surface area contributed by atoms with Crippen LogP contribution in [0.1, 0.15) is 29.3 Å². The van der Waals surface area contributed by atoms with Gasteiger partial charge in [0.15, 0.2) is 5.78 Å². The quantitative estimate of drug-likeness (QED) is 0.704. The molecule has 7 heteroatoms. The maximum absolute atomic E-state index is 12.9. The van der Waals surface area contributed by atoms with Crippen molar-refractivity contribution in [2.75, 3.05) is 25.6 Å². The normalized spacial score (nSPS) is 17.3. The molecular formula is C22H23ClN2O4. The Morgan fingerprint density at radius 1 is 1.24 bits per heavy atom. The van der Waals surface area contributed by atoms with E-state index in [9.17, 15) is 14.4 Å². The van der Waals surface area contributed by atoms with Crippen molar-refractivity contribution in [1.29, 1.82) is 0 Å². The highest BCUT2D eigenvalue weighted by Crippen LogP contribution is 2.26. The second-order valence-electron chi connectivity index (χ2n) is 7.13. The van der Waals surface area contributed by atoms with Gasteiger partial charge in [-0.3, -0.25) is 14.4 Å². The summed E-state index contributed by atoms with van der Waals surface area (Å²) >= 11 is 6.09. The van der Waals surface area contributed by atoms with Gasteiger partial charge in [0.25, 0.3) is 0 Å². The molecule has 1 heterocycles. The summed E-state index contributed by atoms with van der Waals surface area (Å²) in [5, 5.41) is 3.21. The van der Waals surface area contributed by atoms with Gasteiger partial charge < -0.3 is 15.0 Å². The smallest absolute Gasteiger partial charge is 0.229 e.